The highest BCUT2D eigenvalue weighted by atomic mass is 32.2. The maximum absolute atomic E-state index is 14.5. The van der Waals surface area contributed by atoms with Crippen LogP contribution in [0, 0.1) is 21.8 Å². The number of fused-ring (bicyclic) bond motifs is 5. The van der Waals surface area contributed by atoms with Crippen LogP contribution >= 0.6 is 0 Å². The summed E-state index contributed by atoms with van der Waals surface area (Å²) in [6.07, 6.45) is 6.26. The molecule has 0 aliphatic heterocycles. The molecule has 3 aromatic heterocycles. The molecule has 2 aliphatic carbocycles. The topological polar surface area (TPSA) is 119 Å². The minimum absolute atomic E-state index is 0.0956. The van der Waals surface area contributed by atoms with Crippen LogP contribution in [0.15, 0.2) is 47.3 Å². The summed E-state index contributed by atoms with van der Waals surface area (Å²) >= 11 is 0. The maximum Gasteiger partial charge on any atom is 0.246 e. The molecule has 3 heterocycles. The fourth-order valence-electron chi connectivity index (χ4n) is 6.13. The van der Waals surface area contributed by atoms with Crippen molar-refractivity contribution in [2.24, 2.45) is 5.41 Å². The van der Waals surface area contributed by atoms with E-state index in [0.29, 0.717) is 17.1 Å². The summed E-state index contributed by atoms with van der Waals surface area (Å²) < 4.78 is 53.6. The molecule has 0 radical (unpaired) electrons. The van der Waals surface area contributed by atoms with Crippen LogP contribution in [0.3, 0.4) is 0 Å². The number of hydrogen-bond acceptors (Lipinski definition) is 9. The zero-order valence-corrected chi connectivity index (χ0v) is 21.1. The predicted octanol–water partition coefficient (Wildman–Crippen LogP) is 5.86. The third kappa shape index (κ3) is 3.29. The van der Waals surface area contributed by atoms with Gasteiger partial charge in [0, 0.05) is 6.20 Å². The molecule has 0 saturated heterocycles. The average molecular weight is 522 g/mol. The standard InChI is InChI=1S/C26H23F2N6O2S/c1-13(37(29)35)20-12-36-24(32-20)19-10-30-11-21(31-19)26-8-7-15(25(26,2)3)14-9-18(33-34-23(14)26)22-16(27)5-4-6-17(22)28/h4-6,9-13,15,29H,7-8H2,1-3H3/q-1/t13-,15+,26+/m1/s1. The number of halogens is 2. The first kappa shape index (κ1) is 23.8. The van der Waals surface area contributed by atoms with Crippen molar-refractivity contribution in [3.63, 3.8) is 0 Å². The highest BCUT2D eigenvalue weighted by molar-refractivity contribution is 7.73. The van der Waals surface area contributed by atoms with Crippen LogP contribution in [0.25, 0.3) is 22.8 Å². The van der Waals surface area contributed by atoms with E-state index in [1.54, 1.807) is 25.4 Å². The van der Waals surface area contributed by atoms with Gasteiger partial charge in [-0.1, -0.05) is 26.8 Å². The Morgan fingerprint density at radius 1 is 1.14 bits per heavy atom. The summed E-state index contributed by atoms with van der Waals surface area (Å²) in [5.74, 6) is -1.05. The molecule has 6 rings (SSSR count). The van der Waals surface area contributed by atoms with Crippen molar-refractivity contribution in [2.75, 3.05) is 0 Å². The lowest BCUT2D eigenvalue weighted by Crippen LogP contribution is -2.38. The number of rotatable bonds is 5. The quantitative estimate of drug-likeness (QED) is 0.327. The summed E-state index contributed by atoms with van der Waals surface area (Å²) in [5.41, 5.74) is 2.22. The van der Waals surface area contributed by atoms with Crippen LogP contribution in [0.5, 0.6) is 0 Å². The first-order valence-corrected chi connectivity index (χ1v) is 13.1. The van der Waals surface area contributed by atoms with E-state index < -0.39 is 32.9 Å². The van der Waals surface area contributed by atoms with Crippen LogP contribution in [0.1, 0.15) is 67.4 Å². The zero-order chi connectivity index (χ0) is 26.1. The molecule has 3 atom stereocenters. The minimum Gasteiger partial charge on any atom is -0.444 e. The van der Waals surface area contributed by atoms with E-state index in [2.05, 4.69) is 34.0 Å². The maximum atomic E-state index is 14.5. The lowest BCUT2D eigenvalue weighted by Gasteiger charge is -2.37. The van der Waals surface area contributed by atoms with Crippen molar-refractivity contribution < 1.29 is 17.4 Å². The van der Waals surface area contributed by atoms with Gasteiger partial charge in [0.15, 0.2) is 0 Å². The number of nitrogens with one attached hydrogen (secondary N) is 1. The van der Waals surface area contributed by atoms with Gasteiger partial charge in [0.25, 0.3) is 0 Å². The van der Waals surface area contributed by atoms with Gasteiger partial charge in [-0.05, 0) is 53.2 Å². The fraction of sp³-hybridized carbons (Fsp3) is 0.346. The van der Waals surface area contributed by atoms with E-state index in [9.17, 15) is 13.0 Å². The zero-order valence-electron chi connectivity index (χ0n) is 20.3. The molecule has 2 bridgehead atoms. The number of aromatic nitrogens is 5. The normalized spacial score (nSPS) is 22.4. The largest absolute Gasteiger partial charge is 0.444 e. The van der Waals surface area contributed by atoms with Crippen LogP contribution in [0.2, 0.25) is 0 Å². The van der Waals surface area contributed by atoms with Gasteiger partial charge in [-0.15, -0.1) is 5.10 Å². The summed E-state index contributed by atoms with van der Waals surface area (Å²) in [7, 11) is -1.84. The van der Waals surface area contributed by atoms with Crippen LogP contribution < -0.4 is 0 Å². The number of oxazole rings is 1. The van der Waals surface area contributed by atoms with Gasteiger partial charge in [0.1, 0.15) is 23.6 Å². The van der Waals surface area contributed by atoms with Gasteiger partial charge in [0.05, 0.1) is 40.0 Å². The van der Waals surface area contributed by atoms with Crippen LogP contribution in [-0.4, -0.2) is 25.1 Å². The Labute approximate surface area is 213 Å². The Hall–Kier alpha value is -3.60. The Balaban J connectivity index is 1.47. The average Bonchev–Trinajstić information content (AvgIpc) is 3.52. The summed E-state index contributed by atoms with van der Waals surface area (Å²) in [5, 5.41) is 8.21. The van der Waals surface area contributed by atoms with E-state index in [-0.39, 0.29) is 28.5 Å². The van der Waals surface area contributed by atoms with Crippen molar-refractivity contribution >= 4 is 10.6 Å². The molecule has 11 heteroatoms. The molecule has 2 aliphatic rings. The van der Waals surface area contributed by atoms with Gasteiger partial charge < -0.3 is 13.4 Å². The monoisotopic (exact) mass is 521 g/mol. The molecule has 0 amide bonds. The van der Waals surface area contributed by atoms with Gasteiger partial charge in [-0.25, -0.2) is 18.7 Å². The van der Waals surface area contributed by atoms with Gasteiger partial charge in [-0.3, -0.25) is 4.98 Å². The van der Waals surface area contributed by atoms with Crippen LogP contribution in [-0.2, 0) is 20.2 Å². The molecule has 0 unspecified atom stereocenters. The molecule has 4 aromatic rings. The Morgan fingerprint density at radius 3 is 2.62 bits per heavy atom. The van der Waals surface area contributed by atoms with Gasteiger partial charge in [0.2, 0.25) is 5.89 Å². The Kier molecular flexibility index (Phi) is 5.27. The minimum atomic E-state index is -1.84. The highest BCUT2D eigenvalue weighted by Gasteiger charge is 2.65. The molecule has 0 spiro atoms. The van der Waals surface area contributed by atoms with Crippen molar-refractivity contribution in [3.05, 3.63) is 77.2 Å². The molecule has 37 heavy (non-hydrogen) atoms. The van der Waals surface area contributed by atoms with Crippen molar-refractivity contribution in [1.82, 2.24) is 25.1 Å². The summed E-state index contributed by atoms with van der Waals surface area (Å²) in [4.78, 5) is 13.7. The summed E-state index contributed by atoms with van der Waals surface area (Å²) in [6.45, 7) is 5.94. The SMILES string of the molecule is C[C@H](c1coc(-c2cncc([C@@]34CC[C@@H](c5cc(-c6c(F)cccc6F)nnc53)C4(C)C)n2)n1)[S-](=N)=O. The van der Waals surface area contributed by atoms with Gasteiger partial charge >= 0.3 is 0 Å². The second-order valence-corrected chi connectivity index (χ2v) is 11.5. The van der Waals surface area contributed by atoms with Crippen molar-refractivity contribution in [1.29, 1.82) is 4.78 Å². The molecule has 8 nitrogen and oxygen atoms in total. The smallest absolute Gasteiger partial charge is 0.246 e. The fourth-order valence-corrected chi connectivity index (χ4v) is 6.46. The molecule has 190 valence electrons. The first-order valence-electron chi connectivity index (χ1n) is 11.9. The second kappa shape index (κ2) is 8.20. The third-order valence-electron chi connectivity index (χ3n) is 8.15. The molecular weight excluding hydrogens is 498 g/mol. The molecule has 1 aromatic carbocycles. The van der Waals surface area contributed by atoms with Crippen LogP contribution in [0.4, 0.5) is 8.78 Å². The predicted molar refractivity (Wildman–Crippen MR) is 131 cm³/mol. The Bertz CT molecular complexity index is 1610. The van der Waals surface area contributed by atoms with Crippen molar-refractivity contribution in [3.8, 4) is 22.8 Å². The Morgan fingerprint density at radius 2 is 1.89 bits per heavy atom. The van der Waals surface area contributed by atoms with Gasteiger partial charge in [-0.2, -0.15) is 15.7 Å². The lowest BCUT2D eigenvalue weighted by atomic mass is 9.66. The van der Waals surface area contributed by atoms with E-state index in [4.69, 9.17) is 14.2 Å². The first-order chi connectivity index (χ1) is 17.6. The number of nitrogens with zero attached hydrogens (tertiary/aromatic N) is 5. The molecule has 1 fully saturated rings. The van der Waals surface area contributed by atoms with E-state index >= 15 is 0 Å². The number of hydrogen-bond donors (Lipinski definition) is 1. The summed E-state index contributed by atoms with van der Waals surface area (Å²) in [6, 6.07) is 5.51. The molecular formula is C26H23F2N6O2S-. The highest BCUT2D eigenvalue weighted by Crippen LogP contribution is 2.69. The number of benzene rings is 1. The lowest BCUT2D eigenvalue weighted by molar-refractivity contribution is 0.242. The van der Waals surface area contributed by atoms with Crippen molar-refractivity contribution in [2.45, 2.75) is 50.2 Å². The van der Waals surface area contributed by atoms with E-state index in [1.807, 2.05) is 0 Å². The third-order valence-corrected chi connectivity index (χ3v) is 9.04. The second-order valence-electron chi connectivity index (χ2n) is 10.2. The van der Waals surface area contributed by atoms with E-state index in [0.717, 1.165) is 24.1 Å². The molecule has 1 saturated carbocycles. The molecule has 1 N–H and O–H groups in total. The van der Waals surface area contributed by atoms with E-state index in [1.165, 1.54) is 24.5 Å².